The summed E-state index contributed by atoms with van der Waals surface area (Å²) in [5.41, 5.74) is 2.40. The van der Waals surface area contributed by atoms with E-state index in [9.17, 15) is 4.39 Å². The van der Waals surface area contributed by atoms with E-state index in [1.165, 1.54) is 12.1 Å². The van der Waals surface area contributed by atoms with E-state index in [1.54, 1.807) is 0 Å². The van der Waals surface area contributed by atoms with Gasteiger partial charge in [0.2, 0.25) is 0 Å². The van der Waals surface area contributed by atoms with Crippen LogP contribution in [0.5, 0.6) is 0 Å². The summed E-state index contributed by atoms with van der Waals surface area (Å²) in [6, 6.07) is 6.62. The van der Waals surface area contributed by atoms with Crippen molar-refractivity contribution in [2.75, 3.05) is 26.7 Å². The minimum absolute atomic E-state index is 0.233. The van der Waals surface area contributed by atoms with Gasteiger partial charge in [-0.15, -0.1) is 0 Å². The molecule has 0 bridgehead atoms. The van der Waals surface area contributed by atoms with Crippen LogP contribution in [0.3, 0.4) is 0 Å². The van der Waals surface area contributed by atoms with Crippen molar-refractivity contribution in [1.82, 2.24) is 10.2 Å². The molecule has 1 atom stereocenters. The number of hydrogen-bond donors (Lipinski definition) is 1. The molecule has 0 spiro atoms. The molecule has 0 aromatic heterocycles. The Kier molecular flexibility index (Phi) is 4.14. The molecule has 1 fully saturated rings. The van der Waals surface area contributed by atoms with Crippen LogP contribution in [0.1, 0.15) is 12.0 Å². The highest BCUT2D eigenvalue weighted by Crippen LogP contribution is 2.40. The van der Waals surface area contributed by atoms with E-state index in [2.05, 4.69) is 24.0 Å². The molecule has 3 nitrogen and oxygen atoms in total. The number of allylic oxidation sites excluding steroid dienone is 1. The van der Waals surface area contributed by atoms with Crippen LogP contribution in [0.2, 0.25) is 0 Å². The van der Waals surface area contributed by atoms with Crippen molar-refractivity contribution < 1.29 is 9.13 Å². The summed E-state index contributed by atoms with van der Waals surface area (Å²) >= 11 is 0. The SMILES string of the molecule is C=C1C=C(C2(c3ccc(F)cc3)CCNCCO2)C=CN1C. The molecule has 4 heteroatoms. The summed E-state index contributed by atoms with van der Waals surface area (Å²) in [5.74, 6) is -0.233. The van der Waals surface area contributed by atoms with Gasteiger partial charge in [0.25, 0.3) is 0 Å². The number of nitrogens with zero attached hydrogens (tertiary/aromatic N) is 1. The number of benzene rings is 1. The van der Waals surface area contributed by atoms with Gasteiger partial charge in [0.1, 0.15) is 11.4 Å². The lowest BCUT2D eigenvalue weighted by Gasteiger charge is -2.36. The van der Waals surface area contributed by atoms with Crippen LogP contribution in [0, 0.1) is 5.82 Å². The lowest BCUT2D eigenvalue weighted by atomic mass is 9.81. The van der Waals surface area contributed by atoms with Crippen LogP contribution in [-0.4, -0.2) is 31.6 Å². The van der Waals surface area contributed by atoms with Gasteiger partial charge in [-0.2, -0.15) is 0 Å². The smallest absolute Gasteiger partial charge is 0.123 e. The normalized spacial score (nSPS) is 25.8. The number of nitrogens with one attached hydrogen (secondary N) is 1. The highest BCUT2D eigenvalue weighted by Gasteiger charge is 2.38. The predicted molar refractivity (Wildman–Crippen MR) is 85.6 cm³/mol. The van der Waals surface area contributed by atoms with Gasteiger partial charge in [0.15, 0.2) is 0 Å². The maximum Gasteiger partial charge on any atom is 0.123 e. The van der Waals surface area contributed by atoms with Crippen LogP contribution in [0.15, 0.2) is 60.5 Å². The van der Waals surface area contributed by atoms with Crippen molar-refractivity contribution in [3.05, 3.63) is 71.8 Å². The fourth-order valence-corrected chi connectivity index (χ4v) is 2.97. The second kappa shape index (κ2) is 6.07. The fourth-order valence-electron chi connectivity index (χ4n) is 2.97. The number of hydrogen-bond acceptors (Lipinski definition) is 3. The zero-order valence-electron chi connectivity index (χ0n) is 12.8. The molecule has 1 N–H and O–H groups in total. The van der Waals surface area contributed by atoms with Crippen molar-refractivity contribution in [3.8, 4) is 0 Å². The highest BCUT2D eigenvalue weighted by molar-refractivity contribution is 5.45. The third-order valence-corrected chi connectivity index (χ3v) is 4.31. The predicted octanol–water partition coefficient (Wildman–Crippen LogP) is 2.93. The molecule has 0 saturated carbocycles. The molecule has 2 heterocycles. The first-order valence-corrected chi connectivity index (χ1v) is 7.55. The molecule has 1 aromatic carbocycles. The van der Waals surface area contributed by atoms with E-state index in [1.807, 2.05) is 30.3 Å². The second-order valence-electron chi connectivity index (χ2n) is 5.70. The Morgan fingerprint density at radius 2 is 2.05 bits per heavy atom. The Hall–Kier alpha value is -1.91. The minimum atomic E-state index is -0.558. The molecule has 1 aromatic rings. The molecule has 1 unspecified atom stereocenters. The molecule has 0 radical (unpaired) electrons. The Morgan fingerprint density at radius 3 is 2.77 bits per heavy atom. The minimum Gasteiger partial charge on any atom is -0.364 e. The maximum atomic E-state index is 13.3. The summed E-state index contributed by atoms with van der Waals surface area (Å²) < 4.78 is 19.6. The highest BCUT2D eigenvalue weighted by atomic mass is 19.1. The van der Waals surface area contributed by atoms with E-state index in [0.717, 1.165) is 36.3 Å². The summed E-state index contributed by atoms with van der Waals surface area (Å²) in [7, 11) is 1.96. The maximum absolute atomic E-state index is 13.3. The fraction of sp³-hybridized carbons (Fsp3) is 0.333. The average Bonchev–Trinajstić information content (AvgIpc) is 2.77. The van der Waals surface area contributed by atoms with Crippen LogP contribution in [0.25, 0.3) is 0 Å². The third-order valence-electron chi connectivity index (χ3n) is 4.31. The van der Waals surface area contributed by atoms with Gasteiger partial charge in [-0.1, -0.05) is 18.7 Å². The lowest BCUT2D eigenvalue weighted by molar-refractivity contribution is -0.0104. The van der Waals surface area contributed by atoms with Crippen molar-refractivity contribution in [2.45, 2.75) is 12.0 Å². The third kappa shape index (κ3) is 2.72. The Labute approximate surface area is 130 Å². The molecular formula is C18H21FN2O. The molecular weight excluding hydrogens is 279 g/mol. The van der Waals surface area contributed by atoms with Gasteiger partial charge in [-0.3, -0.25) is 0 Å². The second-order valence-corrected chi connectivity index (χ2v) is 5.70. The van der Waals surface area contributed by atoms with Gasteiger partial charge in [0, 0.05) is 25.5 Å². The van der Waals surface area contributed by atoms with Crippen LogP contribution in [-0.2, 0) is 10.3 Å². The molecule has 2 aliphatic heterocycles. The van der Waals surface area contributed by atoms with Gasteiger partial charge in [-0.25, -0.2) is 4.39 Å². The number of rotatable bonds is 2. The number of ether oxygens (including phenoxy) is 1. The van der Waals surface area contributed by atoms with Gasteiger partial charge in [-0.05, 0) is 48.4 Å². The summed E-state index contributed by atoms with van der Waals surface area (Å²) in [6.45, 7) is 6.36. The topological polar surface area (TPSA) is 24.5 Å². The zero-order valence-corrected chi connectivity index (χ0v) is 12.8. The van der Waals surface area contributed by atoms with Gasteiger partial charge in [0.05, 0.1) is 6.61 Å². The van der Waals surface area contributed by atoms with Crippen LogP contribution < -0.4 is 5.32 Å². The van der Waals surface area contributed by atoms with Crippen molar-refractivity contribution in [2.24, 2.45) is 0 Å². The van der Waals surface area contributed by atoms with Crippen molar-refractivity contribution in [3.63, 3.8) is 0 Å². The summed E-state index contributed by atoms with van der Waals surface area (Å²) in [4.78, 5) is 1.97. The Bertz CT molecular complexity index is 610. The van der Waals surface area contributed by atoms with Crippen LogP contribution in [0.4, 0.5) is 4.39 Å². The van der Waals surface area contributed by atoms with E-state index in [0.29, 0.717) is 6.61 Å². The first-order valence-electron chi connectivity index (χ1n) is 7.55. The molecule has 3 rings (SSSR count). The number of likely N-dealkylation sites (N-methyl/N-ethyl adjacent to an activating group) is 1. The lowest BCUT2D eigenvalue weighted by Crippen LogP contribution is -2.34. The monoisotopic (exact) mass is 300 g/mol. The van der Waals surface area contributed by atoms with Gasteiger partial charge < -0.3 is 15.0 Å². The molecule has 116 valence electrons. The van der Waals surface area contributed by atoms with E-state index in [4.69, 9.17) is 4.74 Å². The first-order chi connectivity index (χ1) is 10.6. The molecule has 0 aliphatic carbocycles. The van der Waals surface area contributed by atoms with E-state index < -0.39 is 5.60 Å². The van der Waals surface area contributed by atoms with E-state index >= 15 is 0 Å². The number of halogens is 1. The quantitative estimate of drug-likeness (QED) is 0.909. The van der Waals surface area contributed by atoms with Crippen molar-refractivity contribution in [1.29, 1.82) is 0 Å². The van der Waals surface area contributed by atoms with Crippen molar-refractivity contribution >= 4 is 0 Å². The molecule has 22 heavy (non-hydrogen) atoms. The standard InChI is InChI=1S/C18H21FN2O/c1-14-13-16(7-11-21(14)2)18(8-9-20-10-12-22-18)15-3-5-17(19)6-4-15/h3-7,11,13,20H,1,8-10,12H2,2H3. The first kappa shape index (κ1) is 15.0. The van der Waals surface area contributed by atoms with Crippen LogP contribution >= 0.6 is 0 Å². The zero-order chi connectivity index (χ0) is 15.6. The van der Waals surface area contributed by atoms with E-state index in [-0.39, 0.29) is 5.82 Å². The largest absolute Gasteiger partial charge is 0.364 e. The summed E-state index contributed by atoms with van der Waals surface area (Å²) in [6.07, 6.45) is 6.90. The summed E-state index contributed by atoms with van der Waals surface area (Å²) in [5, 5.41) is 3.36. The molecule has 0 amide bonds. The average molecular weight is 300 g/mol. The van der Waals surface area contributed by atoms with Gasteiger partial charge >= 0.3 is 0 Å². The molecule has 1 saturated heterocycles. The molecule has 2 aliphatic rings. The Balaban J connectivity index is 2.07. The Morgan fingerprint density at radius 1 is 1.27 bits per heavy atom.